The summed E-state index contributed by atoms with van der Waals surface area (Å²) in [6.07, 6.45) is 0.292. The van der Waals surface area contributed by atoms with Gasteiger partial charge >= 0.3 is 0 Å². The SMILES string of the molecule is O=C(Cc1ccccc1)c1ccccc1C(=O)c1ccccc1. The molecule has 3 rings (SSSR count). The molecule has 0 saturated carbocycles. The third kappa shape index (κ3) is 3.43. The number of benzene rings is 3. The van der Waals surface area contributed by atoms with E-state index in [4.69, 9.17) is 0 Å². The number of hydrogen-bond acceptors (Lipinski definition) is 2. The molecule has 0 amide bonds. The molecule has 2 heteroatoms. The molecule has 0 fully saturated rings. The van der Waals surface area contributed by atoms with Crippen LogP contribution in [0.4, 0.5) is 0 Å². The lowest BCUT2D eigenvalue weighted by Crippen LogP contribution is -2.12. The normalized spacial score (nSPS) is 10.3. The summed E-state index contributed by atoms with van der Waals surface area (Å²) in [7, 11) is 0. The van der Waals surface area contributed by atoms with Crippen LogP contribution in [0, 0.1) is 0 Å². The van der Waals surface area contributed by atoms with Crippen molar-refractivity contribution in [2.24, 2.45) is 0 Å². The predicted octanol–water partition coefficient (Wildman–Crippen LogP) is 4.34. The fraction of sp³-hybridized carbons (Fsp3) is 0.0476. The third-order valence-electron chi connectivity index (χ3n) is 3.72. The Bertz CT molecular complexity index is 821. The second kappa shape index (κ2) is 6.84. The fourth-order valence-corrected chi connectivity index (χ4v) is 2.55. The van der Waals surface area contributed by atoms with E-state index in [1.165, 1.54) is 0 Å². The monoisotopic (exact) mass is 300 g/mol. The van der Waals surface area contributed by atoms with E-state index in [1.807, 2.05) is 48.5 Å². The molecule has 3 aromatic carbocycles. The molecular weight excluding hydrogens is 284 g/mol. The first kappa shape index (κ1) is 14.9. The molecular formula is C21H16O2. The van der Waals surface area contributed by atoms with E-state index in [-0.39, 0.29) is 11.6 Å². The van der Waals surface area contributed by atoms with Crippen molar-refractivity contribution in [3.63, 3.8) is 0 Å². The summed E-state index contributed by atoms with van der Waals surface area (Å²) in [5, 5.41) is 0. The van der Waals surface area contributed by atoms with Crippen molar-refractivity contribution in [3.8, 4) is 0 Å². The Labute approximate surface area is 135 Å². The molecule has 0 aliphatic rings. The van der Waals surface area contributed by atoms with Crippen LogP contribution in [0.3, 0.4) is 0 Å². The van der Waals surface area contributed by atoms with Gasteiger partial charge in [-0.15, -0.1) is 0 Å². The maximum atomic E-state index is 12.7. The summed E-state index contributed by atoms with van der Waals surface area (Å²) in [5.41, 5.74) is 2.47. The van der Waals surface area contributed by atoms with E-state index < -0.39 is 0 Å². The lowest BCUT2D eigenvalue weighted by atomic mass is 9.93. The van der Waals surface area contributed by atoms with Gasteiger partial charge in [-0.3, -0.25) is 9.59 Å². The second-order valence-electron chi connectivity index (χ2n) is 5.33. The van der Waals surface area contributed by atoms with Crippen molar-refractivity contribution in [3.05, 3.63) is 107 Å². The molecule has 0 heterocycles. The molecule has 0 N–H and O–H groups in total. The van der Waals surface area contributed by atoms with Gasteiger partial charge in [0.2, 0.25) is 0 Å². The van der Waals surface area contributed by atoms with Crippen LogP contribution in [0.15, 0.2) is 84.9 Å². The van der Waals surface area contributed by atoms with Gasteiger partial charge in [-0.2, -0.15) is 0 Å². The Morgan fingerprint density at radius 3 is 1.78 bits per heavy atom. The lowest BCUT2D eigenvalue weighted by molar-refractivity contribution is 0.0975. The van der Waals surface area contributed by atoms with Crippen molar-refractivity contribution in [2.45, 2.75) is 6.42 Å². The van der Waals surface area contributed by atoms with Gasteiger partial charge in [0.15, 0.2) is 11.6 Å². The maximum Gasteiger partial charge on any atom is 0.193 e. The van der Waals surface area contributed by atoms with Crippen LogP contribution in [0.2, 0.25) is 0 Å². The van der Waals surface area contributed by atoms with E-state index in [1.54, 1.807) is 36.4 Å². The minimum absolute atomic E-state index is 0.0453. The van der Waals surface area contributed by atoms with Crippen molar-refractivity contribution in [1.29, 1.82) is 0 Å². The topological polar surface area (TPSA) is 34.1 Å². The largest absolute Gasteiger partial charge is 0.294 e. The Morgan fingerprint density at radius 2 is 1.13 bits per heavy atom. The summed E-state index contributed by atoms with van der Waals surface area (Å²) in [6.45, 7) is 0. The van der Waals surface area contributed by atoms with Crippen molar-refractivity contribution in [1.82, 2.24) is 0 Å². The zero-order valence-electron chi connectivity index (χ0n) is 12.6. The quantitative estimate of drug-likeness (QED) is 0.657. The summed E-state index contributed by atoms with van der Waals surface area (Å²) in [5.74, 6) is -0.168. The molecule has 0 aromatic heterocycles. The van der Waals surface area contributed by atoms with Crippen LogP contribution in [-0.2, 0) is 6.42 Å². The Kier molecular flexibility index (Phi) is 4.44. The van der Waals surface area contributed by atoms with Crippen molar-refractivity contribution >= 4 is 11.6 Å². The number of hydrogen-bond donors (Lipinski definition) is 0. The van der Waals surface area contributed by atoms with E-state index in [9.17, 15) is 9.59 Å². The smallest absolute Gasteiger partial charge is 0.193 e. The van der Waals surface area contributed by atoms with Crippen LogP contribution >= 0.6 is 0 Å². The Hall–Kier alpha value is -3.00. The number of Topliss-reactive ketones (excluding diaryl/α,β-unsaturated/α-hetero) is 1. The standard InChI is InChI=1S/C21H16O2/c22-20(15-16-9-3-1-4-10-16)18-13-7-8-14-19(18)21(23)17-11-5-2-6-12-17/h1-14H,15H2. The number of ketones is 2. The summed E-state index contributed by atoms with van der Waals surface area (Å²) in [4.78, 5) is 25.3. The first-order valence-electron chi connectivity index (χ1n) is 7.51. The van der Waals surface area contributed by atoms with Gasteiger partial charge in [-0.1, -0.05) is 84.9 Å². The molecule has 112 valence electrons. The molecule has 2 nitrogen and oxygen atoms in total. The fourth-order valence-electron chi connectivity index (χ4n) is 2.55. The van der Waals surface area contributed by atoms with E-state index in [0.29, 0.717) is 23.1 Å². The van der Waals surface area contributed by atoms with E-state index in [2.05, 4.69) is 0 Å². The van der Waals surface area contributed by atoms with Gasteiger partial charge in [-0.25, -0.2) is 0 Å². The predicted molar refractivity (Wildman–Crippen MR) is 90.8 cm³/mol. The Balaban J connectivity index is 1.92. The van der Waals surface area contributed by atoms with E-state index in [0.717, 1.165) is 5.56 Å². The summed E-state index contributed by atoms with van der Waals surface area (Å²) in [6, 6.07) is 25.6. The van der Waals surface area contributed by atoms with Crippen molar-refractivity contribution in [2.75, 3.05) is 0 Å². The maximum absolute atomic E-state index is 12.7. The molecule has 0 bridgehead atoms. The molecule has 0 aliphatic heterocycles. The third-order valence-corrected chi connectivity index (χ3v) is 3.72. The average Bonchev–Trinajstić information content (AvgIpc) is 2.62. The minimum Gasteiger partial charge on any atom is -0.294 e. The van der Waals surface area contributed by atoms with Crippen LogP contribution in [0.5, 0.6) is 0 Å². The van der Waals surface area contributed by atoms with Gasteiger partial charge in [0.05, 0.1) is 0 Å². The van der Waals surface area contributed by atoms with Crippen LogP contribution < -0.4 is 0 Å². The Morgan fingerprint density at radius 1 is 0.609 bits per heavy atom. The van der Waals surface area contributed by atoms with Gasteiger partial charge < -0.3 is 0 Å². The highest BCUT2D eigenvalue weighted by atomic mass is 16.1. The van der Waals surface area contributed by atoms with Gasteiger partial charge in [0.25, 0.3) is 0 Å². The molecule has 0 spiro atoms. The minimum atomic E-state index is -0.123. The molecule has 0 saturated heterocycles. The number of rotatable bonds is 5. The van der Waals surface area contributed by atoms with Crippen molar-refractivity contribution < 1.29 is 9.59 Å². The highest BCUT2D eigenvalue weighted by molar-refractivity contribution is 6.15. The molecule has 0 unspecified atom stereocenters. The molecule has 0 radical (unpaired) electrons. The van der Waals surface area contributed by atoms with Crippen LogP contribution in [0.1, 0.15) is 31.8 Å². The molecule has 0 atom stereocenters. The zero-order chi connectivity index (χ0) is 16.1. The first-order chi connectivity index (χ1) is 11.3. The van der Waals surface area contributed by atoms with Crippen LogP contribution in [-0.4, -0.2) is 11.6 Å². The highest BCUT2D eigenvalue weighted by Gasteiger charge is 2.17. The number of carbonyl (C=O) groups excluding carboxylic acids is 2. The van der Waals surface area contributed by atoms with E-state index >= 15 is 0 Å². The zero-order valence-corrected chi connectivity index (χ0v) is 12.6. The average molecular weight is 300 g/mol. The first-order valence-corrected chi connectivity index (χ1v) is 7.51. The number of carbonyl (C=O) groups is 2. The van der Waals surface area contributed by atoms with Crippen LogP contribution in [0.25, 0.3) is 0 Å². The summed E-state index contributed by atoms with van der Waals surface area (Å²) >= 11 is 0. The van der Waals surface area contributed by atoms with Gasteiger partial charge in [0, 0.05) is 23.1 Å². The highest BCUT2D eigenvalue weighted by Crippen LogP contribution is 2.17. The van der Waals surface area contributed by atoms with Gasteiger partial charge in [-0.05, 0) is 5.56 Å². The molecule has 23 heavy (non-hydrogen) atoms. The molecule has 3 aromatic rings. The summed E-state index contributed by atoms with van der Waals surface area (Å²) < 4.78 is 0. The lowest BCUT2D eigenvalue weighted by Gasteiger charge is -2.08. The second-order valence-corrected chi connectivity index (χ2v) is 5.33. The molecule has 0 aliphatic carbocycles. The van der Waals surface area contributed by atoms with Gasteiger partial charge in [0.1, 0.15) is 0 Å².